The second-order valence-electron chi connectivity index (χ2n) is 6.23. The molecule has 0 aromatic heterocycles. The van der Waals surface area contributed by atoms with Crippen molar-refractivity contribution in [1.82, 2.24) is 0 Å². The fraction of sp³-hybridized carbons (Fsp3) is 0.316. The number of para-hydroxylation sites is 2. The van der Waals surface area contributed by atoms with Crippen LogP contribution in [0.5, 0.6) is 0 Å². The van der Waals surface area contributed by atoms with Crippen LogP contribution in [0.3, 0.4) is 0 Å². The van der Waals surface area contributed by atoms with Gasteiger partial charge in [0.05, 0.1) is 6.42 Å². The van der Waals surface area contributed by atoms with Gasteiger partial charge >= 0.3 is 0 Å². The van der Waals surface area contributed by atoms with Crippen molar-refractivity contribution in [2.45, 2.75) is 25.3 Å². The first-order chi connectivity index (χ1) is 10.2. The number of hydrogen-bond acceptors (Lipinski definition) is 1. The van der Waals surface area contributed by atoms with Crippen LogP contribution in [0.1, 0.15) is 17.5 Å². The fourth-order valence-electron chi connectivity index (χ4n) is 3.80. The summed E-state index contributed by atoms with van der Waals surface area (Å²) in [5.41, 5.74) is 7.28. The van der Waals surface area contributed by atoms with Gasteiger partial charge in [0.1, 0.15) is 7.05 Å². The molecule has 2 heteroatoms. The van der Waals surface area contributed by atoms with Crippen molar-refractivity contribution < 1.29 is 4.58 Å². The third-order valence-electron chi connectivity index (χ3n) is 5.07. The van der Waals surface area contributed by atoms with Crippen molar-refractivity contribution in [3.8, 4) is 0 Å². The van der Waals surface area contributed by atoms with E-state index in [-0.39, 0.29) is 0 Å². The number of likely N-dealkylation sites (N-methyl/N-ethyl adjacent to an activating group) is 1. The smallest absolute Gasteiger partial charge is 0.208 e. The molecule has 2 aliphatic heterocycles. The number of anilines is 1. The molecule has 0 amide bonds. The Balaban J connectivity index is 1.58. The van der Waals surface area contributed by atoms with Crippen molar-refractivity contribution in [3.05, 3.63) is 59.7 Å². The van der Waals surface area contributed by atoms with Crippen LogP contribution in [0, 0.1) is 0 Å². The lowest BCUT2D eigenvalue weighted by molar-refractivity contribution is -0.403. The number of hydrogen-bond donors (Lipinski definition) is 0. The minimum absolute atomic E-state index is 0.592. The third kappa shape index (κ3) is 1.98. The minimum atomic E-state index is 0.592. The van der Waals surface area contributed by atoms with Crippen molar-refractivity contribution in [2.75, 3.05) is 19.0 Å². The highest BCUT2D eigenvalue weighted by atomic mass is 15.2. The summed E-state index contributed by atoms with van der Waals surface area (Å²) in [5, 5.41) is 0. The Kier molecular flexibility index (Phi) is 2.85. The maximum Gasteiger partial charge on any atom is 0.208 e. The van der Waals surface area contributed by atoms with Gasteiger partial charge in [0.25, 0.3) is 0 Å². The summed E-state index contributed by atoms with van der Waals surface area (Å²) in [6.45, 7) is 0. The van der Waals surface area contributed by atoms with Crippen LogP contribution in [0.4, 0.5) is 11.4 Å². The van der Waals surface area contributed by atoms with Gasteiger partial charge in [-0.15, -0.1) is 0 Å². The summed E-state index contributed by atoms with van der Waals surface area (Å²) in [5.74, 6) is 0. The maximum atomic E-state index is 2.46. The van der Waals surface area contributed by atoms with Crippen LogP contribution in [-0.4, -0.2) is 30.4 Å². The highest BCUT2D eigenvalue weighted by molar-refractivity contribution is 5.88. The molecule has 1 atom stereocenters. The van der Waals surface area contributed by atoms with E-state index in [9.17, 15) is 0 Å². The molecule has 0 aliphatic carbocycles. The predicted octanol–water partition coefficient (Wildman–Crippen LogP) is 3.41. The lowest BCUT2D eigenvalue weighted by Gasteiger charge is -2.21. The van der Waals surface area contributed by atoms with E-state index in [0.29, 0.717) is 6.04 Å². The van der Waals surface area contributed by atoms with E-state index in [1.807, 2.05) is 0 Å². The van der Waals surface area contributed by atoms with E-state index < -0.39 is 0 Å². The number of fused-ring (bicyclic) bond motifs is 2. The van der Waals surface area contributed by atoms with Crippen LogP contribution in [-0.2, 0) is 12.8 Å². The number of benzene rings is 2. The Bertz CT molecular complexity index is 730. The van der Waals surface area contributed by atoms with Gasteiger partial charge in [-0.3, -0.25) is 0 Å². The Labute approximate surface area is 126 Å². The standard InChI is InChI=1S/C19H21N2/c1-20-16(11-14-7-3-5-9-18(14)20)13-17-12-15-8-4-6-10-19(15)21(17)2/h3-10,16H,11-13H2,1-2H3/q+1. The normalized spacial score (nSPS) is 19.9. The molecule has 0 fully saturated rings. The van der Waals surface area contributed by atoms with Gasteiger partial charge in [0.2, 0.25) is 5.69 Å². The monoisotopic (exact) mass is 277 g/mol. The van der Waals surface area contributed by atoms with Gasteiger partial charge in [-0.05, 0) is 18.1 Å². The Morgan fingerprint density at radius 3 is 2.52 bits per heavy atom. The van der Waals surface area contributed by atoms with Gasteiger partial charge in [0.15, 0.2) is 5.71 Å². The molecule has 2 nitrogen and oxygen atoms in total. The minimum Gasteiger partial charge on any atom is -0.370 e. The van der Waals surface area contributed by atoms with E-state index in [1.165, 1.54) is 28.9 Å². The Morgan fingerprint density at radius 2 is 1.76 bits per heavy atom. The summed E-state index contributed by atoms with van der Waals surface area (Å²) >= 11 is 0. The first-order valence-electron chi connectivity index (χ1n) is 7.71. The average Bonchev–Trinajstić information content (AvgIpc) is 2.99. The van der Waals surface area contributed by atoms with Gasteiger partial charge in [-0.2, -0.15) is 0 Å². The van der Waals surface area contributed by atoms with Gasteiger partial charge in [0, 0.05) is 36.8 Å². The summed E-state index contributed by atoms with van der Waals surface area (Å²) < 4.78 is 2.40. The highest BCUT2D eigenvalue weighted by Crippen LogP contribution is 2.34. The van der Waals surface area contributed by atoms with Gasteiger partial charge in [-0.1, -0.05) is 36.4 Å². The predicted molar refractivity (Wildman–Crippen MR) is 88.0 cm³/mol. The van der Waals surface area contributed by atoms with Crippen LogP contribution < -0.4 is 4.90 Å². The zero-order valence-electron chi connectivity index (χ0n) is 12.7. The zero-order valence-corrected chi connectivity index (χ0v) is 12.7. The van der Waals surface area contributed by atoms with E-state index in [1.54, 1.807) is 5.71 Å². The lowest BCUT2D eigenvalue weighted by atomic mass is 10.0. The molecular formula is C19H21N2+. The highest BCUT2D eigenvalue weighted by Gasteiger charge is 2.33. The SMILES string of the molecule is CN1c2ccccc2CC1CC1=[N+](C)c2ccccc2C1. The molecule has 0 bridgehead atoms. The Morgan fingerprint density at radius 1 is 1.05 bits per heavy atom. The third-order valence-corrected chi connectivity index (χ3v) is 5.07. The second-order valence-corrected chi connectivity index (χ2v) is 6.23. The summed E-state index contributed by atoms with van der Waals surface area (Å²) in [7, 11) is 4.45. The van der Waals surface area contributed by atoms with Crippen molar-refractivity contribution in [1.29, 1.82) is 0 Å². The molecular weight excluding hydrogens is 256 g/mol. The lowest BCUT2D eigenvalue weighted by Crippen LogP contribution is -2.31. The fourth-order valence-corrected chi connectivity index (χ4v) is 3.80. The molecule has 2 aromatic carbocycles. The largest absolute Gasteiger partial charge is 0.370 e. The molecule has 1 unspecified atom stereocenters. The summed E-state index contributed by atoms with van der Waals surface area (Å²) in [6, 6.07) is 18.2. The zero-order chi connectivity index (χ0) is 14.4. The molecule has 0 saturated heterocycles. The molecule has 106 valence electrons. The van der Waals surface area contributed by atoms with E-state index in [4.69, 9.17) is 0 Å². The average molecular weight is 277 g/mol. The van der Waals surface area contributed by atoms with Gasteiger partial charge < -0.3 is 4.90 Å². The number of nitrogens with zero attached hydrogens (tertiary/aromatic N) is 2. The topological polar surface area (TPSA) is 6.25 Å². The van der Waals surface area contributed by atoms with Crippen molar-refractivity contribution in [2.24, 2.45) is 0 Å². The summed E-state index contributed by atoms with van der Waals surface area (Å²) in [4.78, 5) is 2.46. The maximum absolute atomic E-state index is 2.46. The molecule has 0 spiro atoms. The van der Waals surface area contributed by atoms with Crippen molar-refractivity contribution >= 4 is 17.1 Å². The second kappa shape index (κ2) is 4.73. The van der Waals surface area contributed by atoms with Crippen LogP contribution >= 0.6 is 0 Å². The van der Waals surface area contributed by atoms with Crippen LogP contribution in [0.2, 0.25) is 0 Å². The first-order valence-corrected chi connectivity index (χ1v) is 7.71. The van der Waals surface area contributed by atoms with E-state index >= 15 is 0 Å². The molecule has 2 aromatic rings. The Hall–Kier alpha value is -2.09. The van der Waals surface area contributed by atoms with Gasteiger partial charge in [-0.25, -0.2) is 4.58 Å². The molecule has 0 radical (unpaired) electrons. The molecule has 2 aliphatic rings. The molecule has 2 heterocycles. The van der Waals surface area contributed by atoms with Crippen LogP contribution in [0.15, 0.2) is 48.5 Å². The molecule has 21 heavy (non-hydrogen) atoms. The molecule has 4 rings (SSSR count). The quantitative estimate of drug-likeness (QED) is 0.762. The first kappa shape index (κ1) is 12.6. The van der Waals surface area contributed by atoms with E-state index in [2.05, 4.69) is 72.1 Å². The van der Waals surface area contributed by atoms with E-state index in [0.717, 1.165) is 12.8 Å². The molecule has 0 saturated carbocycles. The van der Waals surface area contributed by atoms with Crippen molar-refractivity contribution in [3.63, 3.8) is 0 Å². The molecule has 0 N–H and O–H groups in total. The van der Waals surface area contributed by atoms with Crippen LogP contribution in [0.25, 0.3) is 0 Å². The number of rotatable bonds is 2. The summed E-state index contributed by atoms with van der Waals surface area (Å²) in [6.07, 6.45) is 3.42.